The number of benzene rings is 1. The Morgan fingerprint density at radius 2 is 1.70 bits per heavy atom. The van der Waals surface area contributed by atoms with Gasteiger partial charge in [-0.25, -0.2) is 0 Å². The Balaban J connectivity index is 2.65. The summed E-state index contributed by atoms with van der Waals surface area (Å²) in [4.78, 5) is 3.70. The molecule has 1 atom stereocenters. The first-order valence-electron chi connectivity index (χ1n) is 5.73. The van der Waals surface area contributed by atoms with Crippen LogP contribution in [0.1, 0.15) is 23.6 Å². The molecule has 0 aliphatic carbocycles. The van der Waals surface area contributed by atoms with Gasteiger partial charge in [0, 0.05) is 28.0 Å². The normalized spacial score (nSPS) is 14.9. The number of hydrogen-bond donors (Lipinski definition) is 1. The fraction of sp³-hybridized carbons (Fsp3) is 0.214. The summed E-state index contributed by atoms with van der Waals surface area (Å²) in [7, 11) is 0. The predicted octanol–water partition coefficient (Wildman–Crippen LogP) is 4.12. The third kappa shape index (κ3) is 2.71. The van der Waals surface area contributed by atoms with Gasteiger partial charge in [-0.2, -0.15) is 13.2 Å². The van der Waals surface area contributed by atoms with Crippen molar-refractivity contribution in [3.8, 4) is 0 Å². The number of halogens is 4. The van der Waals surface area contributed by atoms with Crippen molar-refractivity contribution in [1.82, 2.24) is 4.98 Å². The predicted molar refractivity (Wildman–Crippen MR) is 72.1 cm³/mol. The molecular weight excluding hydrogens is 335 g/mol. The topological polar surface area (TPSA) is 33.1 Å². The van der Waals surface area contributed by atoms with E-state index in [-0.39, 0.29) is 5.56 Å². The molecule has 0 amide bonds. The van der Waals surface area contributed by atoms with E-state index in [0.717, 1.165) is 18.5 Å². The molecule has 20 heavy (non-hydrogen) atoms. The van der Waals surface area contributed by atoms with Gasteiger partial charge in [0.2, 0.25) is 0 Å². The van der Waals surface area contributed by atoms with Gasteiger partial charge in [0.15, 0.2) is 0 Å². The zero-order valence-corrected chi connectivity index (χ0v) is 12.0. The summed E-state index contributed by atoms with van der Waals surface area (Å²) in [5.41, 5.74) is -2.63. The van der Waals surface area contributed by atoms with Crippen LogP contribution in [0.3, 0.4) is 0 Å². The van der Waals surface area contributed by atoms with Gasteiger partial charge in [0.05, 0.1) is 5.56 Å². The number of pyridine rings is 1. The third-order valence-electron chi connectivity index (χ3n) is 3.05. The van der Waals surface area contributed by atoms with Crippen LogP contribution >= 0.6 is 15.9 Å². The van der Waals surface area contributed by atoms with E-state index in [1.54, 1.807) is 24.3 Å². The molecule has 2 aromatic rings. The molecule has 2 rings (SSSR count). The van der Waals surface area contributed by atoms with E-state index < -0.39 is 17.3 Å². The Morgan fingerprint density at radius 3 is 2.30 bits per heavy atom. The van der Waals surface area contributed by atoms with Crippen molar-refractivity contribution in [2.24, 2.45) is 0 Å². The Kier molecular flexibility index (Phi) is 3.88. The summed E-state index contributed by atoms with van der Waals surface area (Å²) < 4.78 is 39.7. The molecule has 0 fully saturated rings. The Morgan fingerprint density at radius 1 is 1.05 bits per heavy atom. The highest BCUT2D eigenvalue weighted by atomic mass is 79.9. The van der Waals surface area contributed by atoms with Crippen molar-refractivity contribution in [2.45, 2.75) is 18.7 Å². The maximum Gasteiger partial charge on any atom is 0.416 e. The first kappa shape index (κ1) is 15.0. The van der Waals surface area contributed by atoms with Crippen molar-refractivity contribution >= 4 is 15.9 Å². The zero-order valence-electron chi connectivity index (χ0n) is 10.4. The lowest BCUT2D eigenvalue weighted by molar-refractivity contribution is -0.140. The minimum Gasteiger partial charge on any atom is -0.381 e. The molecule has 1 heterocycles. The minimum absolute atomic E-state index is 0.278. The Hall–Kier alpha value is -1.40. The lowest BCUT2D eigenvalue weighted by Crippen LogP contribution is -2.27. The average molecular weight is 346 g/mol. The van der Waals surface area contributed by atoms with Crippen molar-refractivity contribution in [3.05, 3.63) is 63.9 Å². The van der Waals surface area contributed by atoms with Crippen molar-refractivity contribution < 1.29 is 18.3 Å². The van der Waals surface area contributed by atoms with Gasteiger partial charge in [-0.1, -0.05) is 34.1 Å². The SMILES string of the molecule is CC(O)(c1ccccc1Br)c1cnccc1C(F)(F)F. The summed E-state index contributed by atoms with van der Waals surface area (Å²) in [6.45, 7) is 1.32. The van der Waals surface area contributed by atoms with Crippen LogP contribution in [-0.4, -0.2) is 10.1 Å². The van der Waals surface area contributed by atoms with Gasteiger partial charge in [-0.3, -0.25) is 4.98 Å². The van der Waals surface area contributed by atoms with E-state index in [1.165, 1.54) is 6.92 Å². The maximum atomic E-state index is 13.0. The lowest BCUT2D eigenvalue weighted by atomic mass is 9.86. The van der Waals surface area contributed by atoms with Crippen LogP contribution in [0.4, 0.5) is 13.2 Å². The number of aromatic nitrogens is 1. The van der Waals surface area contributed by atoms with Crippen LogP contribution in [-0.2, 0) is 11.8 Å². The molecule has 6 heteroatoms. The monoisotopic (exact) mass is 345 g/mol. The number of alkyl halides is 3. The maximum absolute atomic E-state index is 13.0. The molecule has 0 radical (unpaired) electrons. The largest absolute Gasteiger partial charge is 0.416 e. The Bertz CT molecular complexity index is 626. The standard InChI is InChI=1S/C14H11BrF3NO/c1-13(20,10-4-2-3-5-12(10)15)11-8-19-7-6-9(11)14(16,17)18/h2-8,20H,1H3. The molecule has 0 aliphatic rings. The molecule has 0 aliphatic heterocycles. The first-order valence-corrected chi connectivity index (χ1v) is 6.53. The van der Waals surface area contributed by atoms with Gasteiger partial charge in [-0.15, -0.1) is 0 Å². The zero-order chi connectivity index (χ0) is 15.0. The molecule has 1 aromatic heterocycles. The lowest BCUT2D eigenvalue weighted by Gasteiger charge is -2.28. The molecule has 1 aromatic carbocycles. The van der Waals surface area contributed by atoms with Gasteiger partial charge in [0.25, 0.3) is 0 Å². The van der Waals surface area contributed by atoms with Crippen LogP contribution in [0.2, 0.25) is 0 Å². The second-order valence-electron chi connectivity index (χ2n) is 4.47. The van der Waals surface area contributed by atoms with E-state index in [4.69, 9.17) is 0 Å². The van der Waals surface area contributed by atoms with E-state index in [1.807, 2.05) is 0 Å². The second-order valence-corrected chi connectivity index (χ2v) is 5.33. The van der Waals surface area contributed by atoms with Crippen LogP contribution in [0.5, 0.6) is 0 Å². The minimum atomic E-state index is -4.55. The average Bonchev–Trinajstić information content (AvgIpc) is 2.38. The van der Waals surface area contributed by atoms with Gasteiger partial charge in [-0.05, 0) is 19.1 Å². The summed E-state index contributed by atoms with van der Waals surface area (Å²) in [6.07, 6.45) is -2.45. The highest BCUT2D eigenvalue weighted by Gasteiger charge is 2.40. The summed E-state index contributed by atoms with van der Waals surface area (Å²) in [5.74, 6) is 0. The van der Waals surface area contributed by atoms with E-state index >= 15 is 0 Å². The van der Waals surface area contributed by atoms with Crippen LogP contribution in [0.25, 0.3) is 0 Å². The van der Waals surface area contributed by atoms with Gasteiger partial charge in [0.1, 0.15) is 5.60 Å². The number of hydrogen-bond acceptors (Lipinski definition) is 2. The molecule has 1 unspecified atom stereocenters. The van der Waals surface area contributed by atoms with E-state index in [0.29, 0.717) is 10.0 Å². The molecule has 106 valence electrons. The van der Waals surface area contributed by atoms with Crippen LogP contribution in [0.15, 0.2) is 47.2 Å². The molecule has 2 nitrogen and oxygen atoms in total. The second kappa shape index (κ2) is 5.18. The van der Waals surface area contributed by atoms with Crippen LogP contribution in [0, 0.1) is 0 Å². The summed E-state index contributed by atoms with van der Waals surface area (Å²) >= 11 is 3.24. The van der Waals surface area contributed by atoms with Crippen LogP contribution < -0.4 is 0 Å². The van der Waals surface area contributed by atoms with Crippen molar-refractivity contribution in [2.75, 3.05) is 0 Å². The quantitative estimate of drug-likeness (QED) is 0.888. The highest BCUT2D eigenvalue weighted by Crippen LogP contribution is 2.40. The molecule has 0 spiro atoms. The highest BCUT2D eigenvalue weighted by molar-refractivity contribution is 9.10. The Labute approximate surface area is 122 Å². The fourth-order valence-electron chi connectivity index (χ4n) is 2.03. The van der Waals surface area contributed by atoms with E-state index in [2.05, 4.69) is 20.9 Å². The molecule has 0 bridgehead atoms. The number of nitrogens with zero attached hydrogens (tertiary/aromatic N) is 1. The first-order chi connectivity index (χ1) is 9.24. The van der Waals surface area contributed by atoms with Gasteiger partial charge >= 0.3 is 6.18 Å². The van der Waals surface area contributed by atoms with Gasteiger partial charge < -0.3 is 5.11 Å². The molecule has 0 saturated carbocycles. The third-order valence-corrected chi connectivity index (χ3v) is 3.74. The molecule has 0 saturated heterocycles. The fourth-order valence-corrected chi connectivity index (χ4v) is 2.70. The van der Waals surface area contributed by atoms with E-state index in [9.17, 15) is 18.3 Å². The number of aliphatic hydroxyl groups is 1. The summed E-state index contributed by atoms with van der Waals surface area (Å²) in [6, 6.07) is 7.46. The van der Waals surface area contributed by atoms with Crippen molar-refractivity contribution in [3.63, 3.8) is 0 Å². The molecule has 1 N–H and O–H groups in total. The number of rotatable bonds is 2. The van der Waals surface area contributed by atoms with Crippen molar-refractivity contribution in [1.29, 1.82) is 0 Å². The summed E-state index contributed by atoms with van der Waals surface area (Å²) in [5, 5.41) is 10.6. The smallest absolute Gasteiger partial charge is 0.381 e. The molecular formula is C14H11BrF3NO.